The number of hydrogen-bond acceptors (Lipinski definition) is 3. The maximum Gasteiger partial charge on any atom is 0.343 e. The topological polar surface area (TPSA) is 64.4 Å². The lowest BCUT2D eigenvalue weighted by atomic mass is 9.93. The summed E-state index contributed by atoms with van der Waals surface area (Å²) in [5, 5.41) is 13.1. The molecule has 1 N–H and O–H groups in total. The van der Waals surface area contributed by atoms with Crippen LogP contribution in [0.2, 0.25) is 0 Å². The van der Waals surface area contributed by atoms with Gasteiger partial charge in [-0.05, 0) is 18.8 Å². The minimum atomic E-state index is -0.999. The standard InChI is InChI=1S/C12H20N2O3/c1-8-9(11(15)16)10(14(5)13-8)17-7-6-12(2,3)4/h6-7H2,1-5H3,(H,15,16). The van der Waals surface area contributed by atoms with Crippen molar-refractivity contribution in [1.29, 1.82) is 0 Å². The fourth-order valence-electron chi connectivity index (χ4n) is 1.50. The van der Waals surface area contributed by atoms with Crippen molar-refractivity contribution in [3.8, 4) is 5.88 Å². The van der Waals surface area contributed by atoms with E-state index in [-0.39, 0.29) is 11.0 Å². The Hall–Kier alpha value is -1.52. The van der Waals surface area contributed by atoms with Crippen molar-refractivity contribution in [3.05, 3.63) is 11.3 Å². The van der Waals surface area contributed by atoms with E-state index in [4.69, 9.17) is 9.84 Å². The molecule has 1 aromatic rings. The first-order chi connectivity index (χ1) is 7.72. The summed E-state index contributed by atoms with van der Waals surface area (Å²) < 4.78 is 7.02. The molecule has 0 aliphatic carbocycles. The predicted molar refractivity (Wildman–Crippen MR) is 64.5 cm³/mol. The number of carboxylic acid groups (broad SMARTS) is 1. The van der Waals surface area contributed by atoms with E-state index in [9.17, 15) is 4.79 Å². The second-order valence-corrected chi connectivity index (χ2v) is 5.35. The van der Waals surface area contributed by atoms with Crippen molar-refractivity contribution in [3.63, 3.8) is 0 Å². The average Bonchev–Trinajstić information content (AvgIpc) is 2.39. The zero-order valence-corrected chi connectivity index (χ0v) is 11.1. The van der Waals surface area contributed by atoms with Gasteiger partial charge in [0.1, 0.15) is 5.56 Å². The Labute approximate surface area is 101 Å². The predicted octanol–water partition coefficient (Wildman–Crippen LogP) is 2.24. The number of aromatic carboxylic acids is 1. The Balaban J connectivity index is 2.80. The van der Waals surface area contributed by atoms with Crippen molar-refractivity contribution < 1.29 is 14.6 Å². The lowest BCUT2D eigenvalue weighted by molar-refractivity contribution is 0.0690. The Bertz CT molecular complexity index is 416. The van der Waals surface area contributed by atoms with Crippen LogP contribution in [0.1, 0.15) is 43.2 Å². The summed E-state index contributed by atoms with van der Waals surface area (Å²) in [6.45, 7) is 8.50. The van der Waals surface area contributed by atoms with Gasteiger partial charge in [-0.15, -0.1) is 0 Å². The monoisotopic (exact) mass is 240 g/mol. The van der Waals surface area contributed by atoms with E-state index in [1.165, 1.54) is 4.68 Å². The van der Waals surface area contributed by atoms with Crippen LogP contribution in [0.15, 0.2) is 0 Å². The molecule has 96 valence electrons. The number of hydrogen-bond donors (Lipinski definition) is 1. The van der Waals surface area contributed by atoms with Crippen molar-refractivity contribution in [2.24, 2.45) is 12.5 Å². The smallest absolute Gasteiger partial charge is 0.343 e. The van der Waals surface area contributed by atoms with Gasteiger partial charge in [-0.25, -0.2) is 9.48 Å². The van der Waals surface area contributed by atoms with Crippen molar-refractivity contribution in [1.82, 2.24) is 9.78 Å². The molecule has 17 heavy (non-hydrogen) atoms. The van der Waals surface area contributed by atoms with Crippen molar-refractivity contribution in [2.45, 2.75) is 34.1 Å². The van der Waals surface area contributed by atoms with E-state index in [1.54, 1.807) is 14.0 Å². The van der Waals surface area contributed by atoms with Gasteiger partial charge in [0, 0.05) is 7.05 Å². The van der Waals surface area contributed by atoms with Gasteiger partial charge in [-0.2, -0.15) is 5.10 Å². The van der Waals surface area contributed by atoms with Crippen LogP contribution >= 0.6 is 0 Å². The summed E-state index contributed by atoms with van der Waals surface area (Å²) in [6.07, 6.45) is 0.857. The number of aryl methyl sites for hydroxylation is 2. The molecular formula is C12H20N2O3. The van der Waals surface area contributed by atoms with E-state index in [0.29, 0.717) is 18.2 Å². The third-order valence-electron chi connectivity index (χ3n) is 2.47. The second kappa shape index (κ2) is 4.77. The molecule has 5 nitrogen and oxygen atoms in total. The molecular weight excluding hydrogens is 220 g/mol. The SMILES string of the molecule is Cc1nn(C)c(OCCC(C)(C)C)c1C(=O)O. The maximum atomic E-state index is 11.1. The fraction of sp³-hybridized carbons (Fsp3) is 0.667. The lowest BCUT2D eigenvalue weighted by Gasteiger charge is -2.18. The highest BCUT2D eigenvalue weighted by Crippen LogP contribution is 2.23. The van der Waals surface area contributed by atoms with Crippen LogP contribution in [0.4, 0.5) is 0 Å². The van der Waals surface area contributed by atoms with Crippen LogP contribution in [-0.2, 0) is 7.05 Å². The fourth-order valence-corrected chi connectivity index (χ4v) is 1.50. The Kier molecular flexibility index (Phi) is 3.80. The average molecular weight is 240 g/mol. The Morgan fingerprint density at radius 1 is 1.47 bits per heavy atom. The van der Waals surface area contributed by atoms with Gasteiger partial charge in [0.15, 0.2) is 0 Å². The molecule has 5 heteroatoms. The lowest BCUT2D eigenvalue weighted by Crippen LogP contribution is -2.13. The third-order valence-corrected chi connectivity index (χ3v) is 2.47. The first kappa shape index (κ1) is 13.5. The summed E-state index contributed by atoms with van der Waals surface area (Å²) in [5.74, 6) is -0.666. The number of rotatable bonds is 4. The zero-order chi connectivity index (χ0) is 13.2. The molecule has 1 heterocycles. The van der Waals surface area contributed by atoms with Gasteiger partial charge in [-0.3, -0.25) is 0 Å². The highest BCUT2D eigenvalue weighted by atomic mass is 16.5. The molecule has 0 spiro atoms. The summed E-state index contributed by atoms with van der Waals surface area (Å²) in [5.41, 5.74) is 0.795. The minimum absolute atomic E-state index is 0.154. The van der Waals surface area contributed by atoms with Gasteiger partial charge in [-0.1, -0.05) is 20.8 Å². The molecule has 0 aliphatic heterocycles. The normalized spacial score (nSPS) is 11.6. The van der Waals surface area contributed by atoms with Gasteiger partial charge < -0.3 is 9.84 Å². The number of nitrogens with zero attached hydrogens (tertiary/aromatic N) is 2. The van der Waals surface area contributed by atoms with E-state index in [1.807, 2.05) is 0 Å². The Morgan fingerprint density at radius 3 is 2.53 bits per heavy atom. The summed E-state index contributed by atoms with van der Waals surface area (Å²) >= 11 is 0. The highest BCUT2D eigenvalue weighted by Gasteiger charge is 2.21. The van der Waals surface area contributed by atoms with E-state index >= 15 is 0 Å². The minimum Gasteiger partial charge on any atom is -0.477 e. The van der Waals surface area contributed by atoms with Crippen LogP contribution in [0.5, 0.6) is 5.88 Å². The molecule has 1 aromatic heterocycles. The molecule has 1 rings (SSSR count). The van der Waals surface area contributed by atoms with E-state index < -0.39 is 5.97 Å². The van der Waals surface area contributed by atoms with E-state index in [2.05, 4.69) is 25.9 Å². The quantitative estimate of drug-likeness (QED) is 0.876. The molecule has 0 radical (unpaired) electrons. The molecule has 0 bridgehead atoms. The molecule has 0 aliphatic rings. The number of aromatic nitrogens is 2. The van der Waals surface area contributed by atoms with Crippen LogP contribution in [0.25, 0.3) is 0 Å². The molecule has 0 atom stereocenters. The summed E-state index contributed by atoms with van der Waals surface area (Å²) in [6, 6.07) is 0. The summed E-state index contributed by atoms with van der Waals surface area (Å²) in [4.78, 5) is 11.1. The van der Waals surface area contributed by atoms with Crippen LogP contribution in [0, 0.1) is 12.3 Å². The molecule has 0 amide bonds. The molecule has 0 aromatic carbocycles. The van der Waals surface area contributed by atoms with Crippen LogP contribution < -0.4 is 4.74 Å². The van der Waals surface area contributed by atoms with Crippen LogP contribution in [-0.4, -0.2) is 27.5 Å². The number of carboxylic acids is 1. The zero-order valence-electron chi connectivity index (χ0n) is 11.1. The number of carbonyl (C=O) groups is 1. The van der Waals surface area contributed by atoms with Crippen molar-refractivity contribution >= 4 is 5.97 Å². The molecule has 0 saturated heterocycles. The maximum absolute atomic E-state index is 11.1. The van der Waals surface area contributed by atoms with Gasteiger partial charge in [0.2, 0.25) is 5.88 Å². The molecule has 0 saturated carbocycles. The van der Waals surface area contributed by atoms with Gasteiger partial charge in [0.05, 0.1) is 12.3 Å². The van der Waals surface area contributed by atoms with E-state index in [0.717, 1.165) is 6.42 Å². The molecule has 0 fully saturated rings. The largest absolute Gasteiger partial charge is 0.477 e. The molecule has 0 unspecified atom stereocenters. The van der Waals surface area contributed by atoms with Crippen molar-refractivity contribution in [2.75, 3.05) is 6.61 Å². The van der Waals surface area contributed by atoms with Gasteiger partial charge >= 0.3 is 5.97 Å². The third kappa shape index (κ3) is 3.47. The first-order valence-corrected chi connectivity index (χ1v) is 5.62. The first-order valence-electron chi connectivity index (χ1n) is 5.62. The Morgan fingerprint density at radius 2 is 2.06 bits per heavy atom. The highest BCUT2D eigenvalue weighted by molar-refractivity contribution is 5.91. The number of ether oxygens (including phenoxy) is 1. The van der Waals surface area contributed by atoms with Crippen LogP contribution in [0.3, 0.4) is 0 Å². The van der Waals surface area contributed by atoms with Gasteiger partial charge in [0.25, 0.3) is 0 Å². The second-order valence-electron chi connectivity index (χ2n) is 5.35. The summed E-state index contributed by atoms with van der Waals surface area (Å²) in [7, 11) is 1.69.